The number of fused-ring (bicyclic) bond motifs is 1. The maximum Gasteiger partial charge on any atom is 0.433 e. The van der Waals surface area contributed by atoms with E-state index in [0.29, 0.717) is 16.6 Å². The van der Waals surface area contributed by atoms with E-state index in [1.807, 2.05) is 0 Å². The fourth-order valence-electron chi connectivity index (χ4n) is 4.73. The standard InChI is InChI=1S/C23H28F3N3O/c24-23(25,26)21-14-20(18-8-4-5-9-19(18)29-21)27-16-10-12-17(13-11-16)28-22(30)15-6-2-1-3-7-15/h4-5,8-9,14-17H,1-3,6-7,10-13H2,(H,27,29)(H,28,30)/t16-,17+. The van der Waals surface area contributed by atoms with Gasteiger partial charge in [-0.15, -0.1) is 0 Å². The zero-order valence-electron chi connectivity index (χ0n) is 17.0. The monoisotopic (exact) mass is 419 g/mol. The molecule has 0 atom stereocenters. The second kappa shape index (κ2) is 8.82. The normalized spacial score (nSPS) is 23.3. The summed E-state index contributed by atoms with van der Waals surface area (Å²) in [5.74, 6) is 0.333. The van der Waals surface area contributed by atoms with E-state index in [9.17, 15) is 18.0 Å². The van der Waals surface area contributed by atoms with Gasteiger partial charge >= 0.3 is 6.18 Å². The van der Waals surface area contributed by atoms with E-state index in [-0.39, 0.29) is 23.9 Å². The van der Waals surface area contributed by atoms with Crippen LogP contribution in [0.4, 0.5) is 18.9 Å². The summed E-state index contributed by atoms with van der Waals surface area (Å²) in [5.41, 5.74) is -0.0667. The fraction of sp³-hybridized carbons (Fsp3) is 0.565. The number of amides is 1. The van der Waals surface area contributed by atoms with Gasteiger partial charge in [-0.05, 0) is 50.7 Å². The third-order valence-corrected chi connectivity index (χ3v) is 6.42. The van der Waals surface area contributed by atoms with Crippen molar-refractivity contribution in [1.29, 1.82) is 0 Å². The number of hydrogen-bond donors (Lipinski definition) is 2. The molecule has 1 heterocycles. The third-order valence-electron chi connectivity index (χ3n) is 6.42. The molecule has 7 heteroatoms. The van der Waals surface area contributed by atoms with Crippen LogP contribution >= 0.6 is 0 Å². The number of carbonyl (C=O) groups excluding carboxylic acids is 1. The molecule has 2 N–H and O–H groups in total. The van der Waals surface area contributed by atoms with Gasteiger partial charge in [0.2, 0.25) is 5.91 Å². The smallest absolute Gasteiger partial charge is 0.382 e. The van der Waals surface area contributed by atoms with Crippen molar-refractivity contribution in [1.82, 2.24) is 10.3 Å². The van der Waals surface area contributed by atoms with Gasteiger partial charge in [-0.3, -0.25) is 4.79 Å². The highest BCUT2D eigenvalue weighted by molar-refractivity contribution is 5.91. The van der Waals surface area contributed by atoms with Gasteiger partial charge in [0, 0.05) is 29.1 Å². The van der Waals surface area contributed by atoms with E-state index in [2.05, 4.69) is 15.6 Å². The molecule has 0 unspecified atom stereocenters. The molecule has 0 spiro atoms. The maximum atomic E-state index is 13.3. The number of para-hydroxylation sites is 1. The molecular formula is C23H28F3N3O. The predicted molar refractivity (Wildman–Crippen MR) is 111 cm³/mol. The summed E-state index contributed by atoms with van der Waals surface area (Å²) in [5, 5.41) is 7.22. The summed E-state index contributed by atoms with van der Waals surface area (Å²) in [6, 6.07) is 8.25. The predicted octanol–water partition coefficient (Wildman–Crippen LogP) is 5.67. The van der Waals surface area contributed by atoms with E-state index < -0.39 is 11.9 Å². The minimum Gasteiger partial charge on any atom is -0.382 e. The van der Waals surface area contributed by atoms with Crippen molar-refractivity contribution in [2.75, 3.05) is 5.32 Å². The van der Waals surface area contributed by atoms with Crippen molar-refractivity contribution < 1.29 is 18.0 Å². The molecule has 2 aliphatic carbocycles. The van der Waals surface area contributed by atoms with Gasteiger partial charge in [-0.2, -0.15) is 13.2 Å². The number of pyridine rings is 1. The summed E-state index contributed by atoms with van der Waals surface area (Å²) < 4.78 is 39.8. The van der Waals surface area contributed by atoms with Crippen LogP contribution in [0.15, 0.2) is 30.3 Å². The van der Waals surface area contributed by atoms with Crippen LogP contribution in [0, 0.1) is 5.92 Å². The number of rotatable bonds is 4. The van der Waals surface area contributed by atoms with E-state index >= 15 is 0 Å². The molecule has 2 aliphatic rings. The van der Waals surface area contributed by atoms with Gasteiger partial charge < -0.3 is 10.6 Å². The summed E-state index contributed by atoms with van der Waals surface area (Å²) >= 11 is 0. The van der Waals surface area contributed by atoms with Crippen LogP contribution < -0.4 is 10.6 Å². The molecule has 2 aromatic rings. The van der Waals surface area contributed by atoms with E-state index in [0.717, 1.165) is 57.4 Å². The lowest BCUT2D eigenvalue weighted by Gasteiger charge is -2.32. The molecule has 1 amide bonds. The van der Waals surface area contributed by atoms with E-state index in [1.54, 1.807) is 24.3 Å². The van der Waals surface area contributed by atoms with Crippen LogP contribution in [0.5, 0.6) is 0 Å². The molecular weight excluding hydrogens is 391 g/mol. The van der Waals surface area contributed by atoms with E-state index in [1.165, 1.54) is 6.42 Å². The molecule has 1 aromatic heterocycles. The Kier molecular flexibility index (Phi) is 6.16. The molecule has 4 rings (SSSR count). The molecule has 0 aliphatic heterocycles. The lowest BCUT2D eigenvalue weighted by molar-refractivity contribution is -0.140. The molecule has 2 fully saturated rings. The number of benzene rings is 1. The summed E-state index contributed by atoms with van der Waals surface area (Å²) in [4.78, 5) is 16.3. The second-order valence-electron chi connectivity index (χ2n) is 8.61. The van der Waals surface area contributed by atoms with Crippen molar-refractivity contribution >= 4 is 22.5 Å². The van der Waals surface area contributed by atoms with Crippen LogP contribution in [-0.2, 0) is 11.0 Å². The quantitative estimate of drug-likeness (QED) is 0.671. The average Bonchev–Trinajstić information content (AvgIpc) is 2.75. The number of halogens is 3. The summed E-state index contributed by atoms with van der Waals surface area (Å²) in [7, 11) is 0. The Balaban J connectivity index is 1.39. The first-order valence-corrected chi connectivity index (χ1v) is 10.9. The highest BCUT2D eigenvalue weighted by Gasteiger charge is 2.34. The molecule has 0 radical (unpaired) electrons. The summed E-state index contributed by atoms with van der Waals surface area (Å²) in [6.45, 7) is 0. The topological polar surface area (TPSA) is 54.0 Å². The van der Waals surface area contributed by atoms with Crippen molar-refractivity contribution in [3.63, 3.8) is 0 Å². The number of nitrogens with one attached hydrogen (secondary N) is 2. The number of alkyl halides is 3. The van der Waals surface area contributed by atoms with Gasteiger partial charge in [0.05, 0.1) is 5.52 Å². The highest BCUT2D eigenvalue weighted by atomic mass is 19.4. The molecule has 4 nitrogen and oxygen atoms in total. The lowest BCUT2D eigenvalue weighted by atomic mass is 9.87. The first kappa shape index (κ1) is 20.9. The third kappa shape index (κ3) is 4.87. The SMILES string of the molecule is O=C(N[C@H]1CC[C@@H](Nc2cc(C(F)(F)F)nc3ccccc23)CC1)C1CCCCC1. The Hall–Kier alpha value is -2.31. The largest absolute Gasteiger partial charge is 0.433 e. The average molecular weight is 419 g/mol. The van der Waals surface area contributed by atoms with Crippen LogP contribution in [0.2, 0.25) is 0 Å². The number of anilines is 1. The van der Waals surface area contributed by atoms with Crippen molar-refractivity contribution in [3.05, 3.63) is 36.0 Å². The zero-order chi connectivity index (χ0) is 21.1. The molecule has 30 heavy (non-hydrogen) atoms. The van der Waals surface area contributed by atoms with Crippen LogP contribution in [0.25, 0.3) is 10.9 Å². The fourth-order valence-corrected chi connectivity index (χ4v) is 4.73. The van der Waals surface area contributed by atoms with Gasteiger partial charge in [0.15, 0.2) is 0 Å². The number of hydrogen-bond acceptors (Lipinski definition) is 3. The Labute approximate surface area is 174 Å². The second-order valence-corrected chi connectivity index (χ2v) is 8.61. The lowest BCUT2D eigenvalue weighted by Crippen LogP contribution is -2.43. The van der Waals surface area contributed by atoms with Crippen LogP contribution in [-0.4, -0.2) is 23.0 Å². The first-order chi connectivity index (χ1) is 14.4. The van der Waals surface area contributed by atoms with E-state index in [4.69, 9.17) is 0 Å². The first-order valence-electron chi connectivity index (χ1n) is 10.9. The van der Waals surface area contributed by atoms with Crippen LogP contribution in [0.1, 0.15) is 63.5 Å². The molecule has 0 saturated heterocycles. The van der Waals surface area contributed by atoms with Gasteiger partial charge in [-0.1, -0.05) is 37.5 Å². The Morgan fingerprint density at radius 2 is 1.60 bits per heavy atom. The van der Waals surface area contributed by atoms with Gasteiger partial charge in [0.1, 0.15) is 5.69 Å². The number of carbonyl (C=O) groups is 1. The number of aromatic nitrogens is 1. The van der Waals surface area contributed by atoms with Crippen molar-refractivity contribution in [2.24, 2.45) is 5.92 Å². The van der Waals surface area contributed by atoms with Crippen molar-refractivity contribution in [2.45, 2.75) is 76.0 Å². The van der Waals surface area contributed by atoms with Gasteiger partial charge in [0.25, 0.3) is 0 Å². The molecule has 2 saturated carbocycles. The molecule has 1 aromatic carbocycles. The Bertz CT molecular complexity index is 885. The zero-order valence-corrected chi connectivity index (χ0v) is 17.0. The Morgan fingerprint density at radius 1 is 0.933 bits per heavy atom. The minimum atomic E-state index is -4.48. The summed E-state index contributed by atoms with van der Waals surface area (Å²) in [6.07, 6.45) is 4.28. The van der Waals surface area contributed by atoms with Crippen LogP contribution in [0.3, 0.4) is 0 Å². The molecule has 0 bridgehead atoms. The van der Waals surface area contributed by atoms with Crippen molar-refractivity contribution in [3.8, 4) is 0 Å². The minimum absolute atomic E-state index is 0.0831. The van der Waals surface area contributed by atoms with Gasteiger partial charge in [-0.25, -0.2) is 4.98 Å². The maximum absolute atomic E-state index is 13.3. The number of nitrogens with zero attached hydrogens (tertiary/aromatic N) is 1. The Morgan fingerprint density at radius 3 is 2.30 bits per heavy atom. The molecule has 162 valence electrons. The highest BCUT2D eigenvalue weighted by Crippen LogP contribution is 2.34.